The Labute approximate surface area is 185 Å². The van der Waals surface area contributed by atoms with Crippen molar-refractivity contribution in [3.8, 4) is 17.3 Å². The minimum Gasteiger partial charge on any atom is -0.344 e. The summed E-state index contributed by atoms with van der Waals surface area (Å²) in [6.45, 7) is 8.24. The summed E-state index contributed by atoms with van der Waals surface area (Å²) in [6, 6.07) is 1.49. The molecule has 3 aromatic heterocycles. The molecule has 0 aliphatic carbocycles. The van der Waals surface area contributed by atoms with Crippen LogP contribution in [-0.4, -0.2) is 60.6 Å². The zero-order valence-electron chi connectivity index (χ0n) is 18.8. The average molecular weight is 435 g/mol. The van der Waals surface area contributed by atoms with E-state index in [4.69, 9.17) is 0 Å². The minimum atomic E-state index is -0.752. The number of fused-ring (bicyclic) bond motifs is 1. The lowest BCUT2D eigenvalue weighted by atomic mass is 9.80. The largest absolute Gasteiger partial charge is 0.344 e. The molecule has 1 aliphatic rings. The third-order valence-electron chi connectivity index (χ3n) is 5.68. The lowest BCUT2D eigenvalue weighted by molar-refractivity contribution is -0.144. The lowest BCUT2D eigenvalue weighted by Gasteiger charge is -2.46. The molecule has 1 fully saturated rings. The standard InChI is InChI=1S/C22H26N8O2/c1-21(2,3)17(20(32)30-11-22(4,10-23)12-30)28-19(31)14-7-24-18-16(14)27-15(8-25-18)13-6-26-29(5)9-13/h6-9,17H,11-12H2,1-5H3,(H,24,25)(H,28,31)/t17-/m0/s1. The van der Waals surface area contributed by atoms with E-state index in [2.05, 4.69) is 31.4 Å². The van der Waals surface area contributed by atoms with E-state index >= 15 is 0 Å². The van der Waals surface area contributed by atoms with Gasteiger partial charge in [-0.05, 0) is 12.3 Å². The molecule has 32 heavy (non-hydrogen) atoms. The summed E-state index contributed by atoms with van der Waals surface area (Å²) in [5, 5.41) is 16.3. The van der Waals surface area contributed by atoms with Crippen molar-refractivity contribution in [2.24, 2.45) is 17.9 Å². The van der Waals surface area contributed by atoms with Crippen LogP contribution in [0.15, 0.2) is 24.8 Å². The van der Waals surface area contributed by atoms with Gasteiger partial charge in [-0.15, -0.1) is 0 Å². The Hall–Kier alpha value is -3.74. The number of aryl methyl sites for hydroxylation is 1. The van der Waals surface area contributed by atoms with E-state index in [9.17, 15) is 14.9 Å². The minimum absolute atomic E-state index is 0.194. The van der Waals surface area contributed by atoms with E-state index in [0.717, 1.165) is 5.56 Å². The normalized spacial score (nSPS) is 16.3. The predicted molar refractivity (Wildman–Crippen MR) is 117 cm³/mol. The Bertz CT molecular complexity index is 1240. The molecule has 166 valence electrons. The zero-order valence-corrected chi connectivity index (χ0v) is 18.8. The molecular formula is C22H26N8O2. The fraction of sp³-hybridized carbons (Fsp3) is 0.455. The first-order valence-corrected chi connectivity index (χ1v) is 10.3. The number of aromatic amines is 1. The van der Waals surface area contributed by atoms with Gasteiger partial charge < -0.3 is 15.2 Å². The van der Waals surface area contributed by atoms with Crippen LogP contribution in [0.3, 0.4) is 0 Å². The molecule has 1 atom stereocenters. The highest BCUT2D eigenvalue weighted by Crippen LogP contribution is 2.32. The van der Waals surface area contributed by atoms with Crippen molar-refractivity contribution in [1.29, 1.82) is 5.26 Å². The molecule has 10 nitrogen and oxygen atoms in total. The zero-order chi connectivity index (χ0) is 23.3. The molecule has 2 amide bonds. The Kier molecular flexibility index (Phi) is 5.00. The van der Waals surface area contributed by atoms with Crippen LogP contribution in [0, 0.1) is 22.2 Å². The van der Waals surface area contributed by atoms with Crippen molar-refractivity contribution >= 4 is 23.0 Å². The second-order valence-corrected chi connectivity index (χ2v) is 9.70. The Morgan fingerprint density at radius 2 is 2.03 bits per heavy atom. The van der Waals surface area contributed by atoms with Crippen molar-refractivity contribution in [3.05, 3.63) is 30.4 Å². The summed E-state index contributed by atoms with van der Waals surface area (Å²) < 4.78 is 1.67. The van der Waals surface area contributed by atoms with E-state index in [0.29, 0.717) is 35.5 Å². The van der Waals surface area contributed by atoms with Crippen LogP contribution in [0.4, 0.5) is 0 Å². The number of hydrogen-bond acceptors (Lipinski definition) is 6. The molecule has 0 saturated carbocycles. The van der Waals surface area contributed by atoms with Crippen molar-refractivity contribution in [2.75, 3.05) is 13.1 Å². The third-order valence-corrected chi connectivity index (χ3v) is 5.68. The smallest absolute Gasteiger partial charge is 0.255 e. The van der Waals surface area contributed by atoms with Crippen LogP contribution in [0.25, 0.3) is 22.4 Å². The monoisotopic (exact) mass is 434 g/mol. The van der Waals surface area contributed by atoms with E-state index in [1.54, 1.807) is 28.2 Å². The van der Waals surface area contributed by atoms with E-state index in [1.807, 2.05) is 40.9 Å². The first-order chi connectivity index (χ1) is 15.0. The Morgan fingerprint density at radius 1 is 1.31 bits per heavy atom. The van der Waals surface area contributed by atoms with Gasteiger partial charge in [0, 0.05) is 38.1 Å². The number of nitrogens with zero attached hydrogens (tertiary/aromatic N) is 6. The van der Waals surface area contributed by atoms with Crippen LogP contribution in [0.1, 0.15) is 38.1 Å². The Balaban J connectivity index is 1.60. The molecule has 10 heteroatoms. The number of aromatic nitrogens is 5. The highest BCUT2D eigenvalue weighted by molar-refractivity contribution is 6.06. The fourth-order valence-electron chi connectivity index (χ4n) is 3.82. The number of rotatable bonds is 4. The molecule has 0 aromatic carbocycles. The van der Waals surface area contributed by atoms with Gasteiger partial charge in [0.05, 0.1) is 35.1 Å². The summed E-state index contributed by atoms with van der Waals surface area (Å²) in [5.41, 5.74) is 1.54. The summed E-state index contributed by atoms with van der Waals surface area (Å²) in [4.78, 5) is 39.9. The second-order valence-electron chi connectivity index (χ2n) is 9.70. The van der Waals surface area contributed by atoms with Gasteiger partial charge in [0.25, 0.3) is 5.91 Å². The van der Waals surface area contributed by atoms with Gasteiger partial charge in [0.2, 0.25) is 5.91 Å². The van der Waals surface area contributed by atoms with Gasteiger partial charge in [-0.2, -0.15) is 10.4 Å². The SMILES string of the molecule is Cn1cc(-c2cnc3[nH]cc(C(=O)N[C@@H](C(=O)N4CC(C)(C#N)C4)C(C)(C)C)c3n2)cn1. The average Bonchev–Trinajstić information content (AvgIpc) is 3.33. The maximum absolute atomic E-state index is 13.2. The van der Waals surface area contributed by atoms with Crippen LogP contribution in [-0.2, 0) is 11.8 Å². The summed E-state index contributed by atoms with van der Waals surface area (Å²) in [5.74, 6) is -0.605. The number of nitriles is 1. The van der Waals surface area contributed by atoms with Gasteiger partial charge in [-0.1, -0.05) is 20.8 Å². The van der Waals surface area contributed by atoms with Crippen LogP contribution in [0.2, 0.25) is 0 Å². The number of hydrogen-bond donors (Lipinski definition) is 2. The summed E-state index contributed by atoms with van der Waals surface area (Å²) in [7, 11) is 1.81. The van der Waals surface area contributed by atoms with Crippen molar-refractivity contribution in [3.63, 3.8) is 0 Å². The van der Waals surface area contributed by atoms with Crippen LogP contribution >= 0.6 is 0 Å². The number of carbonyl (C=O) groups is 2. The lowest BCUT2D eigenvalue weighted by Crippen LogP contribution is -2.63. The summed E-state index contributed by atoms with van der Waals surface area (Å²) >= 11 is 0. The molecule has 0 unspecified atom stereocenters. The van der Waals surface area contributed by atoms with Gasteiger partial charge in [-0.3, -0.25) is 14.3 Å². The molecule has 1 saturated heterocycles. The molecule has 1 aliphatic heterocycles. The van der Waals surface area contributed by atoms with Gasteiger partial charge in [0.1, 0.15) is 11.6 Å². The highest BCUT2D eigenvalue weighted by atomic mass is 16.2. The third kappa shape index (κ3) is 3.82. The van der Waals surface area contributed by atoms with Gasteiger partial charge in [-0.25, -0.2) is 9.97 Å². The highest BCUT2D eigenvalue weighted by Gasteiger charge is 2.46. The summed E-state index contributed by atoms with van der Waals surface area (Å²) in [6.07, 6.45) is 6.67. The number of carbonyl (C=O) groups excluding carboxylic acids is 2. The van der Waals surface area contributed by atoms with Crippen molar-refractivity contribution in [1.82, 2.24) is 34.9 Å². The molecule has 4 rings (SSSR count). The maximum atomic E-state index is 13.2. The molecular weight excluding hydrogens is 408 g/mol. The van der Waals surface area contributed by atoms with Crippen LogP contribution < -0.4 is 5.32 Å². The number of amides is 2. The molecule has 3 aromatic rings. The van der Waals surface area contributed by atoms with E-state index in [1.165, 1.54) is 0 Å². The molecule has 0 radical (unpaired) electrons. The maximum Gasteiger partial charge on any atom is 0.255 e. The predicted octanol–water partition coefficient (Wildman–Crippen LogP) is 1.87. The van der Waals surface area contributed by atoms with Gasteiger partial charge >= 0.3 is 0 Å². The molecule has 0 spiro atoms. The van der Waals surface area contributed by atoms with Crippen molar-refractivity contribution in [2.45, 2.75) is 33.7 Å². The molecule has 4 heterocycles. The van der Waals surface area contributed by atoms with E-state index in [-0.39, 0.29) is 5.91 Å². The molecule has 2 N–H and O–H groups in total. The van der Waals surface area contributed by atoms with Crippen molar-refractivity contribution < 1.29 is 9.59 Å². The van der Waals surface area contributed by atoms with E-state index < -0.39 is 22.8 Å². The first kappa shape index (κ1) is 21.5. The van der Waals surface area contributed by atoms with Gasteiger partial charge in [0.15, 0.2) is 5.65 Å². The number of H-pyrrole nitrogens is 1. The fourth-order valence-corrected chi connectivity index (χ4v) is 3.82. The first-order valence-electron chi connectivity index (χ1n) is 10.3. The number of nitrogens with one attached hydrogen (secondary N) is 2. The van der Waals surface area contributed by atoms with Crippen LogP contribution in [0.5, 0.6) is 0 Å². The quantitative estimate of drug-likeness (QED) is 0.644. The second kappa shape index (κ2) is 7.44. The topological polar surface area (TPSA) is 133 Å². The number of likely N-dealkylation sites (tertiary alicyclic amines) is 1. The Morgan fingerprint density at radius 3 is 2.62 bits per heavy atom. The molecule has 0 bridgehead atoms.